The molecule has 0 radical (unpaired) electrons. The molecule has 0 saturated carbocycles. The standard InChI is InChI=1S/C18H35NO3/c1-5-6-7-8-9-10-11-12-13-14-18(22-17(4)21)15(2)19-16(3)20/h15,18H,5-14H2,1-4H3,(H,19,20)/t15-,18-/m0/s1. The number of carbonyl (C=O) groups excluding carboxylic acids is 2. The zero-order valence-electron chi connectivity index (χ0n) is 15.0. The van der Waals surface area contributed by atoms with Crippen LogP contribution in [-0.4, -0.2) is 24.0 Å². The number of hydrogen-bond acceptors (Lipinski definition) is 3. The molecule has 22 heavy (non-hydrogen) atoms. The molecule has 0 aromatic rings. The molecule has 0 aromatic carbocycles. The zero-order chi connectivity index (χ0) is 16.8. The van der Waals surface area contributed by atoms with Crippen LogP contribution in [0.2, 0.25) is 0 Å². The second-order valence-corrected chi connectivity index (χ2v) is 6.25. The van der Waals surface area contributed by atoms with Gasteiger partial charge in [0.2, 0.25) is 5.91 Å². The predicted octanol–water partition coefficient (Wildman–Crippen LogP) is 4.36. The summed E-state index contributed by atoms with van der Waals surface area (Å²) in [6.07, 6.45) is 12.0. The third-order valence-corrected chi connectivity index (χ3v) is 3.90. The number of carbonyl (C=O) groups is 2. The van der Waals surface area contributed by atoms with Crippen LogP contribution in [0, 0.1) is 0 Å². The molecule has 0 aromatic heterocycles. The molecule has 0 spiro atoms. The summed E-state index contributed by atoms with van der Waals surface area (Å²) in [5, 5.41) is 2.81. The Bertz CT molecular complexity index is 305. The monoisotopic (exact) mass is 313 g/mol. The largest absolute Gasteiger partial charge is 0.460 e. The first-order valence-electron chi connectivity index (χ1n) is 8.91. The molecule has 4 heteroatoms. The Morgan fingerprint density at radius 1 is 0.909 bits per heavy atom. The molecular formula is C18H35NO3. The van der Waals surface area contributed by atoms with Gasteiger partial charge in [0, 0.05) is 13.8 Å². The second-order valence-electron chi connectivity index (χ2n) is 6.25. The van der Waals surface area contributed by atoms with E-state index in [4.69, 9.17) is 4.74 Å². The highest BCUT2D eigenvalue weighted by Crippen LogP contribution is 2.14. The first-order valence-corrected chi connectivity index (χ1v) is 8.91. The number of hydrogen-bond donors (Lipinski definition) is 1. The third-order valence-electron chi connectivity index (χ3n) is 3.90. The molecule has 0 aliphatic carbocycles. The Morgan fingerprint density at radius 3 is 1.86 bits per heavy atom. The topological polar surface area (TPSA) is 55.4 Å². The van der Waals surface area contributed by atoms with Crippen LogP contribution >= 0.6 is 0 Å². The second kappa shape index (κ2) is 13.6. The minimum Gasteiger partial charge on any atom is -0.460 e. The maximum absolute atomic E-state index is 11.2. The van der Waals surface area contributed by atoms with E-state index in [2.05, 4.69) is 12.2 Å². The molecule has 0 fully saturated rings. The SMILES string of the molecule is CCCCCCCCCCC[C@H](OC(C)=O)[C@H](C)NC(C)=O. The summed E-state index contributed by atoms with van der Waals surface area (Å²) in [6, 6.07) is -0.129. The Morgan fingerprint density at radius 2 is 1.41 bits per heavy atom. The van der Waals surface area contributed by atoms with Gasteiger partial charge in [-0.3, -0.25) is 9.59 Å². The fourth-order valence-electron chi connectivity index (χ4n) is 2.69. The summed E-state index contributed by atoms with van der Waals surface area (Å²) >= 11 is 0. The molecule has 0 aliphatic heterocycles. The van der Waals surface area contributed by atoms with Crippen molar-refractivity contribution in [3.63, 3.8) is 0 Å². The van der Waals surface area contributed by atoms with Crippen molar-refractivity contribution in [2.75, 3.05) is 0 Å². The molecule has 0 heterocycles. The molecular weight excluding hydrogens is 278 g/mol. The van der Waals surface area contributed by atoms with Crippen LogP contribution < -0.4 is 5.32 Å². The van der Waals surface area contributed by atoms with Crippen LogP contribution in [0.3, 0.4) is 0 Å². The zero-order valence-corrected chi connectivity index (χ0v) is 15.0. The minimum absolute atomic E-state index is 0.0864. The molecule has 0 aliphatic rings. The van der Waals surface area contributed by atoms with E-state index in [0.29, 0.717) is 0 Å². The van der Waals surface area contributed by atoms with Crippen LogP contribution in [0.15, 0.2) is 0 Å². The van der Waals surface area contributed by atoms with E-state index in [1.54, 1.807) is 0 Å². The third kappa shape index (κ3) is 12.7. The lowest BCUT2D eigenvalue weighted by Gasteiger charge is -2.24. The number of nitrogens with one attached hydrogen (secondary N) is 1. The average molecular weight is 313 g/mol. The summed E-state index contributed by atoms with van der Waals surface area (Å²) in [6.45, 7) is 7.04. The Labute approximate surface area is 136 Å². The molecule has 1 amide bonds. The Hall–Kier alpha value is -1.06. The fourth-order valence-corrected chi connectivity index (χ4v) is 2.69. The lowest BCUT2D eigenvalue weighted by Crippen LogP contribution is -2.42. The normalized spacial score (nSPS) is 13.5. The van der Waals surface area contributed by atoms with Crippen molar-refractivity contribution in [3.8, 4) is 0 Å². The molecule has 0 rings (SSSR count). The van der Waals surface area contributed by atoms with Crippen molar-refractivity contribution in [2.45, 2.75) is 104 Å². The molecule has 4 nitrogen and oxygen atoms in total. The van der Waals surface area contributed by atoms with Crippen molar-refractivity contribution in [2.24, 2.45) is 0 Å². The summed E-state index contributed by atoms with van der Waals surface area (Å²) in [7, 11) is 0. The highest BCUT2D eigenvalue weighted by molar-refractivity contribution is 5.73. The van der Waals surface area contributed by atoms with Crippen molar-refractivity contribution >= 4 is 11.9 Å². The van der Waals surface area contributed by atoms with Crippen LogP contribution in [-0.2, 0) is 14.3 Å². The number of amides is 1. The maximum Gasteiger partial charge on any atom is 0.302 e. The summed E-state index contributed by atoms with van der Waals surface area (Å²) in [4.78, 5) is 22.3. The number of rotatable bonds is 13. The van der Waals surface area contributed by atoms with Crippen molar-refractivity contribution in [1.82, 2.24) is 5.32 Å². The first kappa shape index (κ1) is 20.9. The highest BCUT2D eigenvalue weighted by atomic mass is 16.5. The van der Waals surface area contributed by atoms with Crippen LogP contribution in [0.4, 0.5) is 0 Å². The van der Waals surface area contributed by atoms with Gasteiger partial charge in [-0.2, -0.15) is 0 Å². The summed E-state index contributed by atoms with van der Waals surface area (Å²) in [5.41, 5.74) is 0. The van der Waals surface area contributed by atoms with Gasteiger partial charge < -0.3 is 10.1 Å². The van der Waals surface area contributed by atoms with Crippen LogP contribution in [0.5, 0.6) is 0 Å². The van der Waals surface area contributed by atoms with Crippen molar-refractivity contribution < 1.29 is 14.3 Å². The number of unbranched alkanes of at least 4 members (excludes halogenated alkanes) is 8. The van der Waals surface area contributed by atoms with E-state index in [1.807, 2.05) is 6.92 Å². The summed E-state index contributed by atoms with van der Waals surface area (Å²) in [5.74, 6) is -0.366. The van der Waals surface area contributed by atoms with E-state index >= 15 is 0 Å². The van der Waals surface area contributed by atoms with E-state index < -0.39 is 0 Å². The van der Waals surface area contributed by atoms with E-state index in [1.165, 1.54) is 65.2 Å². The average Bonchev–Trinajstić information content (AvgIpc) is 2.43. The van der Waals surface area contributed by atoms with Gasteiger partial charge in [0.25, 0.3) is 0 Å². The smallest absolute Gasteiger partial charge is 0.302 e. The van der Waals surface area contributed by atoms with Gasteiger partial charge in [0.1, 0.15) is 6.10 Å². The van der Waals surface area contributed by atoms with Gasteiger partial charge >= 0.3 is 5.97 Å². The number of ether oxygens (including phenoxy) is 1. The predicted molar refractivity (Wildman–Crippen MR) is 90.7 cm³/mol. The highest BCUT2D eigenvalue weighted by Gasteiger charge is 2.20. The van der Waals surface area contributed by atoms with Gasteiger partial charge in [-0.15, -0.1) is 0 Å². The molecule has 2 atom stereocenters. The van der Waals surface area contributed by atoms with Crippen LogP contribution in [0.25, 0.3) is 0 Å². The Kier molecular flexibility index (Phi) is 12.9. The molecule has 1 N–H and O–H groups in total. The van der Waals surface area contributed by atoms with E-state index in [0.717, 1.165) is 12.8 Å². The quantitative estimate of drug-likeness (QED) is 0.406. The fraction of sp³-hybridized carbons (Fsp3) is 0.889. The minimum atomic E-state index is -0.280. The molecule has 0 bridgehead atoms. The first-order chi connectivity index (χ1) is 10.5. The van der Waals surface area contributed by atoms with Crippen molar-refractivity contribution in [3.05, 3.63) is 0 Å². The maximum atomic E-state index is 11.2. The van der Waals surface area contributed by atoms with Crippen LogP contribution in [0.1, 0.15) is 91.9 Å². The van der Waals surface area contributed by atoms with E-state index in [-0.39, 0.29) is 24.0 Å². The van der Waals surface area contributed by atoms with Gasteiger partial charge in [0.15, 0.2) is 0 Å². The van der Waals surface area contributed by atoms with Gasteiger partial charge in [-0.1, -0.05) is 58.3 Å². The summed E-state index contributed by atoms with van der Waals surface area (Å²) < 4.78 is 5.33. The lowest BCUT2D eigenvalue weighted by molar-refractivity contribution is -0.148. The van der Waals surface area contributed by atoms with E-state index in [9.17, 15) is 9.59 Å². The number of esters is 1. The van der Waals surface area contributed by atoms with Crippen molar-refractivity contribution in [1.29, 1.82) is 0 Å². The van der Waals surface area contributed by atoms with Gasteiger partial charge in [-0.05, 0) is 19.8 Å². The molecule has 130 valence electrons. The molecule has 0 unspecified atom stereocenters. The molecule has 0 saturated heterocycles. The Balaban J connectivity index is 3.79. The lowest BCUT2D eigenvalue weighted by atomic mass is 10.0. The van der Waals surface area contributed by atoms with Gasteiger partial charge in [0.05, 0.1) is 6.04 Å². The van der Waals surface area contributed by atoms with Gasteiger partial charge in [-0.25, -0.2) is 0 Å².